The van der Waals surface area contributed by atoms with Gasteiger partial charge < -0.3 is 20.7 Å². The van der Waals surface area contributed by atoms with E-state index >= 15 is 0 Å². The Balaban J connectivity index is 1.76. The molecule has 188 valence electrons. The van der Waals surface area contributed by atoms with Crippen LogP contribution in [0.5, 0.6) is 11.6 Å². The molecule has 0 aliphatic heterocycles. The van der Waals surface area contributed by atoms with Crippen molar-refractivity contribution in [3.8, 4) is 11.6 Å². The van der Waals surface area contributed by atoms with Gasteiger partial charge in [-0.15, -0.1) is 0 Å². The van der Waals surface area contributed by atoms with Crippen molar-refractivity contribution in [1.29, 1.82) is 0 Å². The van der Waals surface area contributed by atoms with E-state index in [1.54, 1.807) is 32.3 Å². The van der Waals surface area contributed by atoms with Crippen molar-refractivity contribution in [2.24, 2.45) is 10.7 Å². The maximum atomic E-state index is 14.8. The number of carbonyl (C=O) groups excluding carboxylic acids is 2. The number of hydrogen-bond acceptors (Lipinski definition) is 7. The van der Waals surface area contributed by atoms with Gasteiger partial charge in [0.1, 0.15) is 17.9 Å². The van der Waals surface area contributed by atoms with Crippen LogP contribution in [0.3, 0.4) is 0 Å². The number of fused-ring (bicyclic) bond motifs is 1. The van der Waals surface area contributed by atoms with Gasteiger partial charge in [-0.05, 0) is 50.6 Å². The monoisotopic (exact) mass is 492 g/mol. The smallest absolute Gasteiger partial charge is 0.253 e. The van der Waals surface area contributed by atoms with E-state index in [-0.39, 0.29) is 35.1 Å². The highest BCUT2D eigenvalue weighted by molar-refractivity contribution is 5.98. The average molecular weight is 493 g/mol. The summed E-state index contributed by atoms with van der Waals surface area (Å²) in [5, 5.41) is 3.12. The SMILES string of the molecule is CN(C)C(=O)c1ccc2ncnc(Oc3ccc(CC(=O)NC(C=NC(C)(C)C)=CN)c(F)c3)c2c1. The summed E-state index contributed by atoms with van der Waals surface area (Å²) in [7, 11) is 3.31. The Morgan fingerprint density at radius 3 is 2.56 bits per heavy atom. The summed E-state index contributed by atoms with van der Waals surface area (Å²) in [4.78, 5) is 38.8. The third-order valence-corrected chi connectivity index (χ3v) is 4.90. The van der Waals surface area contributed by atoms with Crippen molar-refractivity contribution in [3.05, 3.63) is 71.6 Å². The number of hydrogen-bond donors (Lipinski definition) is 2. The molecule has 0 atom stereocenters. The zero-order valence-electron chi connectivity index (χ0n) is 20.9. The van der Waals surface area contributed by atoms with Crippen LogP contribution in [-0.2, 0) is 11.2 Å². The van der Waals surface area contributed by atoms with Gasteiger partial charge in [0.2, 0.25) is 11.8 Å². The van der Waals surface area contributed by atoms with Crippen LogP contribution < -0.4 is 15.8 Å². The largest absolute Gasteiger partial charge is 0.438 e. The fourth-order valence-corrected chi connectivity index (χ4v) is 3.11. The molecule has 0 aliphatic carbocycles. The zero-order valence-corrected chi connectivity index (χ0v) is 20.9. The molecule has 0 fully saturated rings. The van der Waals surface area contributed by atoms with Crippen LogP contribution in [0.25, 0.3) is 10.9 Å². The van der Waals surface area contributed by atoms with Crippen LogP contribution in [-0.4, -0.2) is 52.5 Å². The molecule has 0 aliphatic rings. The first-order chi connectivity index (χ1) is 17.0. The van der Waals surface area contributed by atoms with Gasteiger partial charge in [0.15, 0.2) is 0 Å². The molecule has 3 N–H and O–H groups in total. The number of aliphatic imine (C=N–C) groups is 1. The van der Waals surface area contributed by atoms with Crippen molar-refractivity contribution in [3.63, 3.8) is 0 Å². The maximum Gasteiger partial charge on any atom is 0.253 e. The number of aromatic nitrogens is 2. The van der Waals surface area contributed by atoms with E-state index in [1.807, 2.05) is 20.8 Å². The standard InChI is InChI=1S/C26H29FN6O3/c1-26(2,3)31-14-18(13-28)32-23(34)11-16-6-8-19(12-21(16)27)36-24-20-10-17(25(35)33(4)5)7-9-22(20)29-15-30-24/h6-10,12-15H,11,28H2,1-5H3,(H,32,34). The van der Waals surface area contributed by atoms with E-state index in [0.29, 0.717) is 22.2 Å². The molecule has 1 aromatic heterocycles. The third-order valence-electron chi connectivity index (χ3n) is 4.90. The van der Waals surface area contributed by atoms with Crippen LogP contribution in [0.4, 0.5) is 4.39 Å². The molecule has 2 aromatic carbocycles. The molecule has 0 saturated heterocycles. The normalized spacial score (nSPS) is 12.1. The number of amides is 2. The number of rotatable bonds is 7. The first-order valence-electron chi connectivity index (χ1n) is 11.2. The summed E-state index contributed by atoms with van der Waals surface area (Å²) in [6.07, 6.45) is 3.81. The van der Waals surface area contributed by atoms with E-state index in [4.69, 9.17) is 10.5 Å². The Hall–Kier alpha value is -4.34. The van der Waals surface area contributed by atoms with Crippen molar-refractivity contribution >= 4 is 28.9 Å². The molecular weight excluding hydrogens is 463 g/mol. The second kappa shape index (κ2) is 10.9. The third kappa shape index (κ3) is 6.84. The molecule has 3 rings (SSSR count). The highest BCUT2D eigenvalue weighted by atomic mass is 19.1. The molecule has 0 radical (unpaired) electrons. The minimum atomic E-state index is -0.619. The Bertz CT molecular complexity index is 1350. The average Bonchev–Trinajstić information content (AvgIpc) is 2.82. The summed E-state index contributed by atoms with van der Waals surface area (Å²) in [6.45, 7) is 5.72. The minimum Gasteiger partial charge on any atom is -0.438 e. The number of ether oxygens (including phenoxy) is 1. The highest BCUT2D eigenvalue weighted by Gasteiger charge is 2.15. The van der Waals surface area contributed by atoms with Crippen LogP contribution >= 0.6 is 0 Å². The predicted molar refractivity (Wildman–Crippen MR) is 136 cm³/mol. The van der Waals surface area contributed by atoms with Gasteiger partial charge in [-0.25, -0.2) is 14.4 Å². The summed E-state index contributed by atoms with van der Waals surface area (Å²) in [5.74, 6) is -0.890. The van der Waals surface area contributed by atoms with Crippen molar-refractivity contribution < 1.29 is 18.7 Å². The van der Waals surface area contributed by atoms with E-state index in [9.17, 15) is 14.0 Å². The number of halogens is 1. The van der Waals surface area contributed by atoms with Gasteiger partial charge in [-0.2, -0.15) is 0 Å². The fraction of sp³-hybridized carbons (Fsp3) is 0.269. The van der Waals surface area contributed by atoms with Crippen LogP contribution in [0.2, 0.25) is 0 Å². The lowest BCUT2D eigenvalue weighted by atomic mass is 10.1. The Kier molecular flexibility index (Phi) is 7.98. The topological polar surface area (TPSA) is 123 Å². The number of carbonyl (C=O) groups is 2. The van der Waals surface area contributed by atoms with Gasteiger partial charge in [0.25, 0.3) is 5.91 Å². The molecule has 1 heterocycles. The molecule has 10 heteroatoms. The van der Waals surface area contributed by atoms with Crippen LogP contribution in [0, 0.1) is 5.82 Å². The predicted octanol–water partition coefficient (Wildman–Crippen LogP) is 3.59. The summed E-state index contributed by atoms with van der Waals surface area (Å²) in [5.41, 5.74) is 6.73. The lowest BCUT2D eigenvalue weighted by molar-refractivity contribution is -0.119. The molecule has 0 bridgehead atoms. The second-order valence-electron chi connectivity index (χ2n) is 9.24. The van der Waals surface area contributed by atoms with Crippen molar-refractivity contribution in [1.82, 2.24) is 20.2 Å². The van der Waals surface area contributed by atoms with Crippen molar-refractivity contribution in [2.45, 2.75) is 32.7 Å². The molecular formula is C26H29FN6O3. The molecule has 0 saturated carbocycles. The van der Waals surface area contributed by atoms with Gasteiger partial charge in [0, 0.05) is 38.1 Å². The lowest BCUT2D eigenvalue weighted by Gasteiger charge is -2.13. The van der Waals surface area contributed by atoms with Gasteiger partial charge in [0.05, 0.1) is 28.6 Å². The highest BCUT2D eigenvalue weighted by Crippen LogP contribution is 2.28. The molecule has 3 aromatic rings. The zero-order chi connectivity index (χ0) is 26.5. The fourth-order valence-electron chi connectivity index (χ4n) is 3.11. The number of allylic oxidation sites excluding steroid dienone is 1. The van der Waals surface area contributed by atoms with E-state index < -0.39 is 11.7 Å². The van der Waals surface area contributed by atoms with E-state index in [2.05, 4.69) is 20.3 Å². The van der Waals surface area contributed by atoms with Crippen molar-refractivity contribution in [2.75, 3.05) is 14.1 Å². The minimum absolute atomic E-state index is 0.175. The van der Waals surface area contributed by atoms with E-state index in [1.165, 1.54) is 41.8 Å². The molecule has 0 spiro atoms. The second-order valence-corrected chi connectivity index (χ2v) is 9.24. The lowest BCUT2D eigenvalue weighted by Crippen LogP contribution is -2.27. The van der Waals surface area contributed by atoms with Crippen LogP contribution in [0.1, 0.15) is 36.7 Å². The Morgan fingerprint density at radius 1 is 1.17 bits per heavy atom. The summed E-state index contributed by atoms with van der Waals surface area (Å²) >= 11 is 0. The number of nitrogens with one attached hydrogen (secondary N) is 1. The molecule has 36 heavy (non-hydrogen) atoms. The Morgan fingerprint density at radius 2 is 1.92 bits per heavy atom. The van der Waals surface area contributed by atoms with Gasteiger partial charge in [-0.3, -0.25) is 14.6 Å². The van der Waals surface area contributed by atoms with Gasteiger partial charge in [-0.1, -0.05) is 6.07 Å². The molecule has 9 nitrogen and oxygen atoms in total. The molecule has 0 unspecified atom stereocenters. The first kappa shape index (κ1) is 26.3. The van der Waals surface area contributed by atoms with Gasteiger partial charge >= 0.3 is 0 Å². The summed E-state index contributed by atoms with van der Waals surface area (Å²) < 4.78 is 20.6. The number of nitrogens with zero attached hydrogens (tertiary/aromatic N) is 4. The Labute approximate surface area is 208 Å². The maximum absolute atomic E-state index is 14.8. The molecule has 2 amide bonds. The van der Waals surface area contributed by atoms with Crippen LogP contribution in [0.15, 0.2) is 59.6 Å². The van der Waals surface area contributed by atoms with E-state index in [0.717, 1.165) is 0 Å². The number of benzene rings is 2. The number of nitrogens with two attached hydrogens (primary N) is 1. The first-order valence-corrected chi connectivity index (χ1v) is 11.2. The summed E-state index contributed by atoms with van der Waals surface area (Å²) in [6, 6.07) is 9.17. The quantitative estimate of drug-likeness (QED) is 0.486.